The monoisotopic (exact) mass is 284 g/mol. The summed E-state index contributed by atoms with van der Waals surface area (Å²) in [6, 6.07) is 0. The molecular formula is C12H20N4O2S. The van der Waals surface area contributed by atoms with Crippen LogP contribution in [-0.2, 0) is 17.2 Å². The maximum Gasteiger partial charge on any atom is 0.290 e. The van der Waals surface area contributed by atoms with Crippen molar-refractivity contribution >= 4 is 16.6 Å². The Morgan fingerprint density at radius 2 is 2.21 bits per heavy atom. The first-order chi connectivity index (χ1) is 9.20. The van der Waals surface area contributed by atoms with Gasteiger partial charge in [-0.15, -0.1) is 0 Å². The van der Waals surface area contributed by atoms with Gasteiger partial charge in [0.1, 0.15) is 0 Å². The molecule has 2 N–H and O–H groups in total. The third-order valence-corrected chi connectivity index (χ3v) is 4.44. The fourth-order valence-corrected chi connectivity index (χ4v) is 3.12. The zero-order chi connectivity index (χ0) is 13.7. The van der Waals surface area contributed by atoms with E-state index in [1.807, 2.05) is 11.9 Å². The maximum atomic E-state index is 11.8. The second-order valence-corrected chi connectivity index (χ2v) is 6.28. The molecule has 1 saturated heterocycles. The maximum absolute atomic E-state index is 11.8. The smallest absolute Gasteiger partial charge is 0.290 e. The van der Waals surface area contributed by atoms with Gasteiger partial charge in [-0.2, -0.15) is 0 Å². The molecule has 1 aliphatic heterocycles. The second kappa shape index (κ2) is 6.81. The van der Waals surface area contributed by atoms with E-state index in [2.05, 4.69) is 15.3 Å². The minimum Gasteiger partial charge on any atom is -0.350 e. The van der Waals surface area contributed by atoms with E-state index >= 15 is 0 Å². The highest BCUT2D eigenvalue weighted by Crippen LogP contribution is 2.09. The van der Waals surface area contributed by atoms with Crippen LogP contribution in [0.5, 0.6) is 0 Å². The van der Waals surface area contributed by atoms with Gasteiger partial charge in [-0.25, -0.2) is 4.98 Å². The zero-order valence-corrected chi connectivity index (χ0v) is 12.0. The third kappa shape index (κ3) is 3.87. The normalized spacial score (nSPS) is 16.8. The van der Waals surface area contributed by atoms with Gasteiger partial charge in [-0.1, -0.05) is 0 Å². The molecule has 2 rings (SSSR count). The van der Waals surface area contributed by atoms with E-state index in [0.717, 1.165) is 25.1 Å². The lowest BCUT2D eigenvalue weighted by atomic mass is 10.2. The molecule has 0 aromatic carbocycles. The summed E-state index contributed by atoms with van der Waals surface area (Å²) in [5.41, 5.74) is 0.738. The van der Waals surface area contributed by atoms with E-state index in [4.69, 9.17) is 0 Å². The van der Waals surface area contributed by atoms with Gasteiger partial charge in [0.15, 0.2) is 5.82 Å². The second-order valence-electron chi connectivity index (χ2n) is 4.59. The molecule has 0 unspecified atom stereocenters. The molecule has 1 aromatic heterocycles. The van der Waals surface area contributed by atoms with Gasteiger partial charge in [0.2, 0.25) is 0 Å². The van der Waals surface area contributed by atoms with Crippen molar-refractivity contribution in [3.63, 3.8) is 0 Å². The van der Waals surface area contributed by atoms with Crippen LogP contribution in [-0.4, -0.2) is 52.4 Å². The van der Waals surface area contributed by atoms with E-state index in [1.165, 1.54) is 0 Å². The summed E-state index contributed by atoms with van der Waals surface area (Å²) in [5, 5.41) is 3.09. The molecule has 7 heteroatoms. The number of hydrogen-bond donors (Lipinski definition) is 2. The first kappa shape index (κ1) is 14.2. The summed E-state index contributed by atoms with van der Waals surface area (Å²) in [6.45, 7) is 2.21. The van der Waals surface area contributed by atoms with E-state index < -0.39 is 10.8 Å². The van der Waals surface area contributed by atoms with Crippen LogP contribution in [0.1, 0.15) is 12.1 Å². The molecule has 0 radical (unpaired) electrons. The Balaban J connectivity index is 2.08. The van der Waals surface area contributed by atoms with Crippen LogP contribution >= 0.6 is 0 Å². The Morgan fingerprint density at radius 1 is 1.47 bits per heavy atom. The van der Waals surface area contributed by atoms with Crippen LogP contribution in [0.3, 0.4) is 0 Å². The first-order valence-corrected chi connectivity index (χ1v) is 8.02. The van der Waals surface area contributed by atoms with Crippen molar-refractivity contribution in [3.8, 4) is 0 Å². The molecule has 0 amide bonds. The molecule has 2 heterocycles. The van der Waals surface area contributed by atoms with E-state index in [9.17, 15) is 9.00 Å². The van der Waals surface area contributed by atoms with Crippen molar-refractivity contribution in [1.82, 2.24) is 15.3 Å². The van der Waals surface area contributed by atoms with Crippen molar-refractivity contribution in [2.45, 2.75) is 12.8 Å². The Morgan fingerprint density at radius 3 is 2.89 bits per heavy atom. The summed E-state index contributed by atoms with van der Waals surface area (Å²) in [4.78, 5) is 21.0. The average molecular weight is 284 g/mol. The number of anilines is 1. The van der Waals surface area contributed by atoms with E-state index in [0.29, 0.717) is 30.4 Å². The average Bonchev–Trinajstić information content (AvgIpc) is 2.42. The van der Waals surface area contributed by atoms with Crippen LogP contribution in [0.2, 0.25) is 0 Å². The van der Waals surface area contributed by atoms with Crippen LogP contribution in [0, 0.1) is 0 Å². The summed E-state index contributed by atoms with van der Waals surface area (Å²) in [6.07, 6.45) is 3.51. The number of aromatic nitrogens is 2. The first-order valence-electron chi connectivity index (χ1n) is 6.54. The molecular weight excluding hydrogens is 264 g/mol. The van der Waals surface area contributed by atoms with Crippen molar-refractivity contribution in [3.05, 3.63) is 22.2 Å². The van der Waals surface area contributed by atoms with Gasteiger partial charge in [-0.3, -0.25) is 9.00 Å². The minimum atomic E-state index is -0.743. The molecule has 0 atom stereocenters. The molecule has 106 valence electrons. The van der Waals surface area contributed by atoms with Gasteiger partial charge >= 0.3 is 0 Å². The van der Waals surface area contributed by atoms with Crippen LogP contribution in [0.25, 0.3) is 0 Å². The summed E-state index contributed by atoms with van der Waals surface area (Å²) >= 11 is 0. The van der Waals surface area contributed by atoms with Crippen molar-refractivity contribution in [2.24, 2.45) is 0 Å². The largest absolute Gasteiger partial charge is 0.350 e. The van der Waals surface area contributed by atoms with Gasteiger partial charge in [0, 0.05) is 41.6 Å². The van der Waals surface area contributed by atoms with Crippen LogP contribution in [0.15, 0.2) is 11.0 Å². The van der Waals surface area contributed by atoms with Crippen molar-refractivity contribution in [1.29, 1.82) is 0 Å². The quantitative estimate of drug-likeness (QED) is 0.712. The lowest BCUT2D eigenvalue weighted by molar-refractivity contribution is 0.670. The van der Waals surface area contributed by atoms with Gasteiger partial charge in [0.05, 0.1) is 5.69 Å². The Labute approximate surface area is 115 Å². The molecule has 6 nitrogen and oxygen atoms in total. The predicted octanol–water partition coefficient (Wildman–Crippen LogP) is -0.509. The standard InChI is InChI=1S/C12H20N4O2S/c1-13-4-2-3-10-9-14-12(17)11(15-10)16-5-7-19(18)8-6-16/h9,13H,2-8H2,1H3,(H,14,17). The Kier molecular flexibility index (Phi) is 5.09. The lowest BCUT2D eigenvalue weighted by Crippen LogP contribution is -2.41. The third-order valence-electron chi connectivity index (χ3n) is 3.16. The highest BCUT2D eigenvalue weighted by atomic mass is 32.2. The Hall–Kier alpha value is -1.21. The van der Waals surface area contributed by atoms with E-state index in [-0.39, 0.29) is 5.56 Å². The van der Waals surface area contributed by atoms with Crippen molar-refractivity contribution < 1.29 is 4.21 Å². The number of nitrogens with zero attached hydrogens (tertiary/aromatic N) is 2. The van der Waals surface area contributed by atoms with Crippen LogP contribution in [0.4, 0.5) is 5.82 Å². The SMILES string of the molecule is CNCCCc1c[nH]c(=O)c(N2CCS(=O)CC2)n1. The van der Waals surface area contributed by atoms with Gasteiger partial charge < -0.3 is 15.2 Å². The summed E-state index contributed by atoms with van der Waals surface area (Å²) in [5.74, 6) is 1.70. The molecule has 0 aliphatic carbocycles. The molecule has 1 fully saturated rings. The van der Waals surface area contributed by atoms with Gasteiger partial charge in [-0.05, 0) is 26.4 Å². The lowest BCUT2D eigenvalue weighted by Gasteiger charge is -2.26. The summed E-state index contributed by atoms with van der Waals surface area (Å²) < 4.78 is 11.3. The van der Waals surface area contributed by atoms with Gasteiger partial charge in [0.25, 0.3) is 5.56 Å². The fourth-order valence-electron chi connectivity index (χ4n) is 2.07. The number of H-pyrrole nitrogens is 1. The molecule has 0 bridgehead atoms. The molecule has 0 saturated carbocycles. The molecule has 0 spiro atoms. The number of hydrogen-bond acceptors (Lipinski definition) is 5. The Bertz CT molecular complexity index is 493. The van der Waals surface area contributed by atoms with Crippen LogP contribution < -0.4 is 15.8 Å². The highest BCUT2D eigenvalue weighted by Gasteiger charge is 2.19. The predicted molar refractivity (Wildman–Crippen MR) is 77.2 cm³/mol. The zero-order valence-electron chi connectivity index (χ0n) is 11.1. The summed E-state index contributed by atoms with van der Waals surface area (Å²) in [7, 11) is 1.17. The number of nitrogens with one attached hydrogen (secondary N) is 2. The number of aryl methyl sites for hydroxylation is 1. The number of rotatable bonds is 5. The minimum absolute atomic E-state index is 0.162. The topological polar surface area (TPSA) is 78.1 Å². The fraction of sp³-hybridized carbons (Fsp3) is 0.667. The molecule has 1 aromatic rings. The molecule has 1 aliphatic rings. The molecule has 19 heavy (non-hydrogen) atoms. The van der Waals surface area contributed by atoms with Crippen molar-refractivity contribution in [2.75, 3.05) is 43.1 Å². The number of aromatic amines is 1. The highest BCUT2D eigenvalue weighted by molar-refractivity contribution is 7.85. The van der Waals surface area contributed by atoms with E-state index in [1.54, 1.807) is 6.20 Å².